The molecule has 0 bridgehead atoms. The number of benzene rings is 3. The summed E-state index contributed by atoms with van der Waals surface area (Å²) < 4.78 is 7.77. The molecule has 0 spiro atoms. The highest BCUT2D eigenvalue weighted by Gasteiger charge is 1.98. The molecule has 0 saturated heterocycles. The molecular weight excluding hydrogens is 294 g/mol. The highest BCUT2D eigenvalue weighted by molar-refractivity contribution is 5.81. The molecule has 0 aliphatic heterocycles. The summed E-state index contributed by atoms with van der Waals surface area (Å²) in [6, 6.07) is 28.8. The van der Waals surface area contributed by atoms with Gasteiger partial charge in [-0.3, -0.25) is 0 Å². The Kier molecular flexibility index (Phi) is 3.86. The molecule has 0 amide bonds. The second kappa shape index (κ2) is 6.47. The predicted octanol–water partition coefficient (Wildman–Crippen LogP) is 5.82. The summed E-state index contributed by atoms with van der Waals surface area (Å²) in [7, 11) is 0. The summed E-state index contributed by atoms with van der Waals surface area (Å²) >= 11 is 0. The second-order valence-corrected chi connectivity index (χ2v) is 5.58. The number of ether oxygens (including phenoxy) is 1. The van der Waals surface area contributed by atoms with Crippen LogP contribution in [0.5, 0.6) is 5.75 Å². The largest absolute Gasteiger partial charge is 0.463 e. The molecule has 0 radical (unpaired) electrons. The van der Waals surface area contributed by atoms with Gasteiger partial charge in [0.15, 0.2) is 0 Å². The molecule has 4 rings (SSSR count). The second-order valence-electron chi connectivity index (χ2n) is 5.58. The summed E-state index contributed by atoms with van der Waals surface area (Å²) in [6.45, 7) is 0. The van der Waals surface area contributed by atoms with E-state index in [4.69, 9.17) is 4.74 Å². The molecule has 24 heavy (non-hydrogen) atoms. The van der Waals surface area contributed by atoms with Gasteiger partial charge in [-0.25, -0.2) is 0 Å². The minimum Gasteiger partial charge on any atom is -0.463 e. The monoisotopic (exact) mass is 311 g/mol. The predicted molar refractivity (Wildman–Crippen MR) is 99.8 cm³/mol. The number of hydrogen-bond acceptors (Lipinski definition) is 1. The Morgan fingerprint density at radius 2 is 1.38 bits per heavy atom. The fourth-order valence-corrected chi connectivity index (χ4v) is 2.77. The van der Waals surface area contributed by atoms with Crippen LogP contribution in [0.3, 0.4) is 0 Å². The fraction of sp³-hybridized carbons (Fsp3) is 0. The van der Waals surface area contributed by atoms with Crippen LogP contribution in [0.15, 0.2) is 97.4 Å². The van der Waals surface area contributed by atoms with E-state index in [-0.39, 0.29) is 0 Å². The number of fused-ring (bicyclic) bond motifs is 1. The van der Waals surface area contributed by atoms with E-state index in [1.165, 1.54) is 16.5 Å². The smallest absolute Gasteiger partial charge is 0.126 e. The van der Waals surface area contributed by atoms with E-state index in [0.717, 1.165) is 11.3 Å². The van der Waals surface area contributed by atoms with Gasteiger partial charge in [-0.1, -0.05) is 60.7 Å². The molecule has 0 fully saturated rings. The van der Waals surface area contributed by atoms with Crippen LogP contribution >= 0.6 is 0 Å². The van der Waals surface area contributed by atoms with Gasteiger partial charge in [0.1, 0.15) is 12.0 Å². The Morgan fingerprint density at radius 1 is 0.667 bits per heavy atom. The molecule has 0 unspecified atom stereocenters. The summed E-state index contributed by atoms with van der Waals surface area (Å²) in [5.41, 5.74) is 3.55. The molecule has 2 nitrogen and oxygen atoms in total. The minimum atomic E-state index is 0.822. The van der Waals surface area contributed by atoms with Crippen molar-refractivity contribution in [2.24, 2.45) is 0 Å². The molecule has 0 atom stereocenters. The average molecular weight is 311 g/mol. The highest BCUT2D eigenvalue weighted by atomic mass is 16.5. The van der Waals surface area contributed by atoms with Crippen LogP contribution in [0.4, 0.5) is 0 Å². The van der Waals surface area contributed by atoms with Gasteiger partial charge in [0.2, 0.25) is 0 Å². The van der Waals surface area contributed by atoms with Gasteiger partial charge in [0.05, 0.1) is 5.52 Å². The molecule has 0 N–H and O–H groups in total. The lowest BCUT2D eigenvalue weighted by atomic mass is 10.1. The van der Waals surface area contributed by atoms with Crippen LogP contribution in [0.2, 0.25) is 0 Å². The van der Waals surface area contributed by atoms with E-state index in [1.807, 2.05) is 59.4 Å². The summed E-state index contributed by atoms with van der Waals surface area (Å²) in [4.78, 5) is 0. The normalized spacial score (nSPS) is 11.2. The quantitative estimate of drug-likeness (QED) is 0.433. The van der Waals surface area contributed by atoms with Gasteiger partial charge in [-0.2, -0.15) is 0 Å². The molecule has 1 aromatic heterocycles. The maximum absolute atomic E-state index is 5.72. The zero-order valence-corrected chi connectivity index (χ0v) is 13.2. The summed E-state index contributed by atoms with van der Waals surface area (Å²) in [5.74, 6) is 0.822. The number of para-hydroxylation sites is 1. The van der Waals surface area contributed by atoms with Crippen LogP contribution < -0.4 is 4.74 Å². The topological polar surface area (TPSA) is 14.2 Å². The zero-order chi connectivity index (χ0) is 16.2. The van der Waals surface area contributed by atoms with Gasteiger partial charge in [0.25, 0.3) is 0 Å². The van der Waals surface area contributed by atoms with Crippen molar-refractivity contribution in [1.82, 2.24) is 4.57 Å². The average Bonchev–Trinajstić information content (AvgIpc) is 3.06. The van der Waals surface area contributed by atoms with Gasteiger partial charge < -0.3 is 9.30 Å². The van der Waals surface area contributed by atoms with Crippen molar-refractivity contribution in [3.63, 3.8) is 0 Å². The first-order valence-corrected chi connectivity index (χ1v) is 7.94. The minimum absolute atomic E-state index is 0.822. The van der Waals surface area contributed by atoms with Crippen molar-refractivity contribution in [2.45, 2.75) is 0 Å². The maximum atomic E-state index is 5.72. The Morgan fingerprint density at radius 3 is 2.21 bits per heavy atom. The number of rotatable bonds is 4. The third-order valence-electron chi connectivity index (χ3n) is 4.02. The van der Waals surface area contributed by atoms with Crippen LogP contribution in [-0.2, 0) is 0 Å². The van der Waals surface area contributed by atoms with Gasteiger partial charge in [-0.15, -0.1) is 0 Å². The van der Waals surface area contributed by atoms with Gasteiger partial charge in [-0.05, 0) is 40.8 Å². The lowest BCUT2D eigenvalue weighted by molar-refractivity contribution is 0.483. The van der Waals surface area contributed by atoms with Crippen molar-refractivity contribution >= 4 is 17.1 Å². The van der Waals surface area contributed by atoms with Crippen molar-refractivity contribution in [3.05, 3.63) is 97.4 Å². The first kappa shape index (κ1) is 14.3. The first-order chi connectivity index (χ1) is 11.9. The number of nitrogens with zero attached hydrogens (tertiary/aromatic N) is 1. The SMILES string of the molecule is C(=Cn1ccc2ccccc21)Oc1ccc(-c2ccccc2)cc1. The molecule has 2 heteroatoms. The molecule has 0 aliphatic carbocycles. The molecule has 0 saturated carbocycles. The maximum Gasteiger partial charge on any atom is 0.126 e. The lowest BCUT2D eigenvalue weighted by Crippen LogP contribution is -1.87. The van der Waals surface area contributed by atoms with Crippen LogP contribution in [0, 0.1) is 0 Å². The van der Waals surface area contributed by atoms with Crippen LogP contribution in [0.1, 0.15) is 0 Å². The Balaban J connectivity index is 1.48. The molecule has 0 aliphatic rings. The summed E-state index contributed by atoms with van der Waals surface area (Å²) in [6.07, 6.45) is 5.67. The van der Waals surface area contributed by atoms with E-state index >= 15 is 0 Å². The first-order valence-electron chi connectivity index (χ1n) is 7.94. The van der Waals surface area contributed by atoms with E-state index in [9.17, 15) is 0 Å². The number of hydrogen-bond donors (Lipinski definition) is 0. The van der Waals surface area contributed by atoms with Crippen molar-refractivity contribution in [1.29, 1.82) is 0 Å². The van der Waals surface area contributed by atoms with Gasteiger partial charge >= 0.3 is 0 Å². The molecule has 4 aromatic rings. The van der Waals surface area contributed by atoms with Crippen LogP contribution in [-0.4, -0.2) is 4.57 Å². The summed E-state index contributed by atoms with van der Waals surface area (Å²) in [5, 5.41) is 1.22. The zero-order valence-electron chi connectivity index (χ0n) is 13.2. The van der Waals surface area contributed by atoms with E-state index < -0.39 is 0 Å². The third kappa shape index (κ3) is 2.95. The van der Waals surface area contributed by atoms with E-state index in [1.54, 1.807) is 6.26 Å². The molecular formula is C22H17NO. The van der Waals surface area contributed by atoms with Crippen molar-refractivity contribution in [2.75, 3.05) is 0 Å². The van der Waals surface area contributed by atoms with Crippen molar-refractivity contribution < 1.29 is 4.74 Å². The van der Waals surface area contributed by atoms with Crippen LogP contribution in [0.25, 0.3) is 28.2 Å². The van der Waals surface area contributed by atoms with E-state index in [2.05, 4.69) is 42.5 Å². The van der Waals surface area contributed by atoms with Gasteiger partial charge in [0, 0.05) is 12.4 Å². The standard InChI is InChI=1S/C22H17NO/c1-2-6-18(7-3-1)19-10-12-21(13-11-19)24-17-16-23-15-14-20-8-4-5-9-22(20)23/h1-17H. The Bertz CT molecular complexity index is 966. The molecule has 3 aromatic carbocycles. The number of aromatic nitrogens is 1. The Hall–Kier alpha value is -3.26. The molecule has 116 valence electrons. The molecule has 1 heterocycles. The Labute approximate surface area is 141 Å². The van der Waals surface area contributed by atoms with Crippen molar-refractivity contribution in [3.8, 4) is 16.9 Å². The third-order valence-corrected chi connectivity index (χ3v) is 4.02. The fourth-order valence-electron chi connectivity index (χ4n) is 2.77. The lowest BCUT2D eigenvalue weighted by Gasteiger charge is -2.04. The van der Waals surface area contributed by atoms with E-state index in [0.29, 0.717) is 0 Å². The highest BCUT2D eigenvalue weighted by Crippen LogP contribution is 2.22.